The third-order valence-electron chi connectivity index (χ3n) is 4.92. The van der Waals surface area contributed by atoms with Gasteiger partial charge in [0.2, 0.25) is 0 Å². The highest BCUT2D eigenvalue weighted by atomic mass is 19.4. The molecule has 0 amide bonds. The lowest BCUT2D eigenvalue weighted by Gasteiger charge is -2.35. The van der Waals surface area contributed by atoms with Crippen molar-refractivity contribution in [3.63, 3.8) is 0 Å². The zero-order chi connectivity index (χ0) is 26.3. The van der Waals surface area contributed by atoms with Crippen LogP contribution < -0.4 is 4.74 Å². The topological polar surface area (TPSA) is 92.8 Å². The van der Waals surface area contributed by atoms with Gasteiger partial charge in [0, 0.05) is 14.2 Å². The van der Waals surface area contributed by atoms with Crippen molar-refractivity contribution in [3.8, 4) is 5.75 Å². The zero-order valence-electron chi connectivity index (χ0n) is 20.2. The van der Waals surface area contributed by atoms with Crippen LogP contribution in [0.1, 0.15) is 39.2 Å². The molecule has 0 saturated heterocycles. The van der Waals surface area contributed by atoms with E-state index in [2.05, 4.69) is 4.74 Å². The summed E-state index contributed by atoms with van der Waals surface area (Å²) in [6.45, 7) is 6.69. The number of rotatable bonds is 8. The Morgan fingerprint density at radius 3 is 2.00 bits per heavy atom. The van der Waals surface area contributed by atoms with E-state index in [0.717, 1.165) is 12.1 Å². The number of benzene rings is 1. The van der Waals surface area contributed by atoms with Crippen molar-refractivity contribution in [1.82, 2.24) is 4.90 Å². The molecular formula is C23H28F3NO8. The van der Waals surface area contributed by atoms with Crippen molar-refractivity contribution >= 4 is 12.3 Å². The molecule has 0 bridgehead atoms. The van der Waals surface area contributed by atoms with E-state index in [9.17, 15) is 22.8 Å². The molecule has 0 aliphatic carbocycles. The molecule has 0 spiro atoms. The van der Waals surface area contributed by atoms with Crippen LogP contribution in [0.4, 0.5) is 22.8 Å². The van der Waals surface area contributed by atoms with E-state index in [-0.39, 0.29) is 24.7 Å². The van der Waals surface area contributed by atoms with Crippen LogP contribution in [0, 0.1) is 0 Å². The SMILES string of the molecule is COCCOC(=O)OC1=C(C)N(C)C(C)=C(OC(=O)OC(C)C)C1c1ccc(OC(F)(F)F)cc1. The van der Waals surface area contributed by atoms with Crippen molar-refractivity contribution < 1.29 is 51.2 Å². The monoisotopic (exact) mass is 503 g/mol. The molecule has 1 aromatic carbocycles. The lowest BCUT2D eigenvalue weighted by molar-refractivity contribution is -0.274. The molecule has 1 atom stereocenters. The molecule has 1 aliphatic heterocycles. The van der Waals surface area contributed by atoms with E-state index in [1.54, 1.807) is 39.6 Å². The van der Waals surface area contributed by atoms with Gasteiger partial charge in [-0.25, -0.2) is 9.59 Å². The highest BCUT2D eigenvalue weighted by Gasteiger charge is 2.38. The van der Waals surface area contributed by atoms with Gasteiger partial charge >= 0.3 is 18.7 Å². The van der Waals surface area contributed by atoms with Gasteiger partial charge < -0.3 is 33.3 Å². The molecule has 0 aromatic heterocycles. The minimum absolute atomic E-state index is 0.0531. The highest BCUT2D eigenvalue weighted by Crippen LogP contribution is 2.43. The Kier molecular flexibility index (Phi) is 9.40. The highest BCUT2D eigenvalue weighted by molar-refractivity contribution is 5.65. The Morgan fingerprint density at radius 2 is 1.51 bits per heavy atom. The molecule has 1 heterocycles. The molecule has 9 nitrogen and oxygen atoms in total. The van der Waals surface area contributed by atoms with E-state index in [0.29, 0.717) is 17.0 Å². The number of hydrogen-bond donors (Lipinski definition) is 0. The summed E-state index contributed by atoms with van der Waals surface area (Å²) in [5.74, 6) is -1.31. The molecule has 0 N–H and O–H groups in total. The van der Waals surface area contributed by atoms with Gasteiger partial charge in [-0.2, -0.15) is 0 Å². The van der Waals surface area contributed by atoms with Crippen LogP contribution in [-0.2, 0) is 23.7 Å². The first-order valence-corrected chi connectivity index (χ1v) is 10.6. The number of hydrogen-bond acceptors (Lipinski definition) is 9. The van der Waals surface area contributed by atoms with Gasteiger partial charge in [0.25, 0.3) is 0 Å². The van der Waals surface area contributed by atoms with Crippen LogP contribution in [0.2, 0.25) is 0 Å². The summed E-state index contributed by atoms with van der Waals surface area (Å²) < 4.78 is 67.6. The van der Waals surface area contributed by atoms with Crippen LogP contribution >= 0.6 is 0 Å². The maximum Gasteiger partial charge on any atom is 0.573 e. The predicted octanol–water partition coefficient (Wildman–Crippen LogP) is 5.44. The second-order valence-electron chi connectivity index (χ2n) is 7.72. The van der Waals surface area contributed by atoms with Crippen LogP contribution in [0.15, 0.2) is 47.2 Å². The summed E-state index contributed by atoms with van der Waals surface area (Å²) in [6, 6.07) is 4.89. The van der Waals surface area contributed by atoms with Gasteiger partial charge in [0.1, 0.15) is 29.8 Å². The van der Waals surface area contributed by atoms with Gasteiger partial charge in [-0.3, -0.25) is 0 Å². The quantitative estimate of drug-likeness (QED) is 0.340. The van der Waals surface area contributed by atoms with Crippen molar-refractivity contribution in [3.05, 3.63) is 52.7 Å². The molecule has 0 saturated carbocycles. The number of ether oxygens (including phenoxy) is 6. The minimum atomic E-state index is -4.86. The molecule has 35 heavy (non-hydrogen) atoms. The number of halogens is 3. The average molecular weight is 503 g/mol. The molecule has 1 aliphatic rings. The lowest BCUT2D eigenvalue weighted by atomic mass is 9.90. The second kappa shape index (κ2) is 11.8. The Hall–Kier alpha value is -3.41. The number of allylic oxidation sites excluding steroid dienone is 2. The molecular weight excluding hydrogens is 475 g/mol. The van der Waals surface area contributed by atoms with Gasteiger partial charge in [0.15, 0.2) is 0 Å². The van der Waals surface area contributed by atoms with E-state index in [1.807, 2.05) is 0 Å². The van der Waals surface area contributed by atoms with Gasteiger partial charge in [-0.05, 0) is 45.4 Å². The van der Waals surface area contributed by atoms with Crippen LogP contribution in [0.5, 0.6) is 5.75 Å². The second-order valence-corrected chi connectivity index (χ2v) is 7.72. The standard InChI is InChI=1S/C23H28F3NO8/c1-13(2)32-22(29)34-20-15(4)27(5)14(3)19(33-21(28)31-12-11-30-6)18(20)16-7-9-17(10-8-16)35-23(24,25)26/h7-10,13,18H,11-12H2,1-6H3. The summed E-state index contributed by atoms with van der Waals surface area (Å²) in [5.41, 5.74) is 1.33. The van der Waals surface area contributed by atoms with Gasteiger partial charge in [0.05, 0.1) is 24.1 Å². The molecule has 1 unspecified atom stereocenters. The van der Waals surface area contributed by atoms with Crippen LogP contribution in [-0.4, -0.2) is 57.0 Å². The van der Waals surface area contributed by atoms with Crippen molar-refractivity contribution in [2.75, 3.05) is 27.4 Å². The normalized spacial score (nSPS) is 16.4. The molecule has 0 fully saturated rings. The summed E-state index contributed by atoms with van der Waals surface area (Å²) in [4.78, 5) is 26.3. The molecule has 194 valence electrons. The number of alkyl halides is 3. The van der Waals surface area contributed by atoms with E-state index in [4.69, 9.17) is 23.7 Å². The first-order chi connectivity index (χ1) is 16.3. The lowest BCUT2D eigenvalue weighted by Crippen LogP contribution is -2.31. The van der Waals surface area contributed by atoms with E-state index < -0.39 is 36.4 Å². The maximum atomic E-state index is 12.6. The molecule has 12 heteroatoms. The largest absolute Gasteiger partial charge is 0.573 e. The van der Waals surface area contributed by atoms with Crippen molar-refractivity contribution in [2.45, 2.75) is 46.1 Å². The Balaban J connectivity index is 2.49. The Bertz CT molecular complexity index is 970. The molecule has 0 radical (unpaired) electrons. The number of nitrogens with zero attached hydrogens (tertiary/aromatic N) is 1. The fourth-order valence-electron chi connectivity index (χ4n) is 3.18. The summed E-state index contributed by atoms with van der Waals surface area (Å²) >= 11 is 0. The number of methoxy groups -OCH3 is 1. The molecule has 2 rings (SSSR count). The Morgan fingerprint density at radius 1 is 0.971 bits per heavy atom. The average Bonchev–Trinajstić information content (AvgIpc) is 2.75. The smallest absolute Gasteiger partial charge is 0.432 e. The summed E-state index contributed by atoms with van der Waals surface area (Å²) in [7, 11) is 3.10. The van der Waals surface area contributed by atoms with Crippen molar-refractivity contribution in [2.24, 2.45) is 0 Å². The maximum absolute atomic E-state index is 12.6. The first kappa shape index (κ1) is 27.8. The zero-order valence-corrected chi connectivity index (χ0v) is 20.2. The fourth-order valence-corrected chi connectivity index (χ4v) is 3.18. The van der Waals surface area contributed by atoms with Crippen LogP contribution in [0.25, 0.3) is 0 Å². The third kappa shape index (κ3) is 7.81. The van der Waals surface area contributed by atoms with Crippen LogP contribution in [0.3, 0.4) is 0 Å². The summed E-state index contributed by atoms with van der Waals surface area (Å²) in [6.07, 6.45) is -7.36. The van der Waals surface area contributed by atoms with Gasteiger partial charge in [-0.15, -0.1) is 13.2 Å². The fraction of sp³-hybridized carbons (Fsp3) is 0.478. The number of carbonyl (C=O) groups is 2. The minimum Gasteiger partial charge on any atom is -0.432 e. The molecule has 1 aromatic rings. The van der Waals surface area contributed by atoms with Gasteiger partial charge in [-0.1, -0.05) is 12.1 Å². The van der Waals surface area contributed by atoms with E-state index in [1.165, 1.54) is 19.2 Å². The third-order valence-corrected chi connectivity index (χ3v) is 4.92. The number of carbonyl (C=O) groups excluding carboxylic acids is 2. The summed E-state index contributed by atoms with van der Waals surface area (Å²) in [5, 5.41) is 0. The van der Waals surface area contributed by atoms with Crippen molar-refractivity contribution in [1.29, 1.82) is 0 Å². The predicted molar refractivity (Wildman–Crippen MR) is 116 cm³/mol. The Labute approximate surface area is 201 Å². The van der Waals surface area contributed by atoms with E-state index >= 15 is 0 Å². The first-order valence-electron chi connectivity index (χ1n) is 10.6.